The SMILES string of the molecule is CCCCCCCCCCCCCCCCCCN(CCCN(C(=O)C=CC(=O)[O-])[C@@H](CC(=O)[O-])C(=O)[O-])C(=O)C=CC(=O)[O-].[Na+].[Na+].[Na+].[Na+]. The van der Waals surface area contributed by atoms with Gasteiger partial charge in [-0.1, -0.05) is 103 Å². The normalized spacial score (nSPS) is 11.0. The van der Waals surface area contributed by atoms with Crippen LogP contribution in [0.3, 0.4) is 0 Å². The summed E-state index contributed by atoms with van der Waals surface area (Å²) in [6.07, 6.45) is 20.1. The van der Waals surface area contributed by atoms with Gasteiger partial charge in [0.25, 0.3) is 0 Å². The van der Waals surface area contributed by atoms with Gasteiger partial charge in [-0.25, -0.2) is 0 Å². The van der Waals surface area contributed by atoms with Crippen molar-refractivity contribution < 1.29 is 167 Å². The third-order valence-electron chi connectivity index (χ3n) is 7.44. The van der Waals surface area contributed by atoms with Gasteiger partial charge >= 0.3 is 118 Å². The summed E-state index contributed by atoms with van der Waals surface area (Å²) < 4.78 is 0. The maximum absolute atomic E-state index is 12.6. The van der Waals surface area contributed by atoms with Crippen LogP contribution >= 0.6 is 0 Å². The molecular formula is C33H50N2Na4O10. The van der Waals surface area contributed by atoms with E-state index in [0.717, 1.165) is 31.8 Å². The van der Waals surface area contributed by atoms with Crippen molar-refractivity contribution in [2.24, 2.45) is 0 Å². The average Bonchev–Trinajstić information content (AvgIpc) is 2.98. The van der Waals surface area contributed by atoms with Crippen LogP contribution in [0.15, 0.2) is 24.3 Å². The Hall–Kier alpha value is 0.300. The molecule has 0 aromatic rings. The van der Waals surface area contributed by atoms with Crippen molar-refractivity contribution in [2.45, 2.75) is 129 Å². The van der Waals surface area contributed by atoms with Crippen LogP contribution in [0.5, 0.6) is 0 Å². The van der Waals surface area contributed by atoms with E-state index < -0.39 is 48.2 Å². The largest absolute Gasteiger partial charge is 1.00 e. The molecule has 12 nitrogen and oxygen atoms in total. The number of hydrogen-bond donors (Lipinski definition) is 0. The Morgan fingerprint density at radius 3 is 1.22 bits per heavy atom. The van der Waals surface area contributed by atoms with E-state index in [4.69, 9.17) is 0 Å². The van der Waals surface area contributed by atoms with Gasteiger partial charge in [0.2, 0.25) is 11.8 Å². The number of carbonyl (C=O) groups is 6. The van der Waals surface area contributed by atoms with Crippen molar-refractivity contribution in [1.29, 1.82) is 0 Å². The first-order valence-electron chi connectivity index (χ1n) is 16.3. The van der Waals surface area contributed by atoms with Crippen molar-refractivity contribution in [3.63, 3.8) is 0 Å². The fraction of sp³-hybridized carbons (Fsp3) is 0.697. The molecule has 16 heteroatoms. The van der Waals surface area contributed by atoms with Crippen LogP contribution < -0.4 is 139 Å². The Morgan fingerprint density at radius 1 is 0.490 bits per heavy atom. The topological polar surface area (TPSA) is 201 Å². The monoisotopic (exact) mass is 726 g/mol. The van der Waals surface area contributed by atoms with Gasteiger partial charge in [0.1, 0.15) is 0 Å². The fourth-order valence-electron chi connectivity index (χ4n) is 4.99. The van der Waals surface area contributed by atoms with Gasteiger partial charge in [0.05, 0.1) is 23.9 Å². The number of carbonyl (C=O) groups excluding carboxylic acids is 6. The summed E-state index contributed by atoms with van der Waals surface area (Å²) in [5.74, 6) is -8.65. The number of carboxylic acids is 4. The van der Waals surface area contributed by atoms with Crippen LogP contribution in [0.25, 0.3) is 0 Å². The van der Waals surface area contributed by atoms with Crippen molar-refractivity contribution in [3.05, 3.63) is 24.3 Å². The van der Waals surface area contributed by atoms with Crippen LogP contribution in [-0.4, -0.2) is 71.2 Å². The first-order valence-corrected chi connectivity index (χ1v) is 16.3. The van der Waals surface area contributed by atoms with Crippen molar-refractivity contribution in [3.8, 4) is 0 Å². The molecule has 0 fully saturated rings. The maximum Gasteiger partial charge on any atom is 1.00 e. The Morgan fingerprint density at radius 2 is 0.857 bits per heavy atom. The average molecular weight is 727 g/mol. The summed E-state index contributed by atoms with van der Waals surface area (Å²) >= 11 is 0. The quantitative estimate of drug-likeness (QED) is 0.0405. The number of amides is 2. The molecule has 0 aliphatic carbocycles. The van der Waals surface area contributed by atoms with E-state index in [9.17, 15) is 49.2 Å². The predicted molar refractivity (Wildman–Crippen MR) is 159 cm³/mol. The number of nitrogens with zero attached hydrogens (tertiary/aromatic N) is 2. The molecule has 0 aliphatic rings. The Bertz CT molecular complexity index is 983. The zero-order valence-corrected chi connectivity index (χ0v) is 38.7. The molecule has 0 spiro atoms. The second-order valence-corrected chi connectivity index (χ2v) is 11.2. The van der Waals surface area contributed by atoms with E-state index in [1.165, 1.54) is 75.5 Å². The molecule has 0 N–H and O–H groups in total. The summed E-state index contributed by atoms with van der Waals surface area (Å²) in [6.45, 7) is 2.11. The van der Waals surface area contributed by atoms with Gasteiger partial charge in [0.15, 0.2) is 0 Å². The number of rotatable bonds is 29. The second-order valence-electron chi connectivity index (χ2n) is 11.2. The minimum absolute atomic E-state index is 0. The molecule has 0 aliphatic heterocycles. The second kappa shape index (κ2) is 39.5. The van der Waals surface area contributed by atoms with Gasteiger partial charge in [0, 0.05) is 44.2 Å². The molecule has 0 heterocycles. The fourth-order valence-corrected chi connectivity index (χ4v) is 4.99. The van der Waals surface area contributed by atoms with Crippen LogP contribution in [0.4, 0.5) is 0 Å². The summed E-state index contributed by atoms with van der Waals surface area (Å²) in [5.41, 5.74) is 0. The minimum Gasteiger partial charge on any atom is -0.550 e. The molecule has 0 unspecified atom stereocenters. The van der Waals surface area contributed by atoms with E-state index in [0.29, 0.717) is 29.5 Å². The number of aliphatic carboxylic acids is 4. The summed E-state index contributed by atoms with van der Waals surface area (Å²) in [6, 6.07) is -1.95. The van der Waals surface area contributed by atoms with Crippen LogP contribution in [0.2, 0.25) is 0 Å². The summed E-state index contributed by atoms with van der Waals surface area (Å²) in [7, 11) is 0. The molecule has 0 aromatic carbocycles. The molecule has 0 aromatic heterocycles. The maximum atomic E-state index is 12.6. The number of hydrogen-bond acceptors (Lipinski definition) is 10. The van der Waals surface area contributed by atoms with Gasteiger partial charge in [-0.15, -0.1) is 0 Å². The molecule has 0 bridgehead atoms. The first-order chi connectivity index (χ1) is 21.5. The molecule has 0 saturated carbocycles. The van der Waals surface area contributed by atoms with Crippen molar-refractivity contribution in [2.75, 3.05) is 19.6 Å². The van der Waals surface area contributed by atoms with E-state index in [1.54, 1.807) is 0 Å². The van der Waals surface area contributed by atoms with Gasteiger partial charge in [-0.2, -0.15) is 0 Å². The molecule has 256 valence electrons. The van der Waals surface area contributed by atoms with Crippen LogP contribution in [0, 0.1) is 0 Å². The molecule has 0 rings (SSSR count). The zero-order valence-electron chi connectivity index (χ0n) is 30.7. The molecule has 2 amide bonds. The van der Waals surface area contributed by atoms with Crippen molar-refractivity contribution >= 4 is 35.7 Å². The molecule has 0 saturated heterocycles. The third kappa shape index (κ3) is 35.1. The van der Waals surface area contributed by atoms with Gasteiger partial charge in [-0.3, -0.25) is 9.59 Å². The Balaban J connectivity index is -0.00000161. The van der Waals surface area contributed by atoms with Crippen LogP contribution in [-0.2, 0) is 28.8 Å². The molecular weight excluding hydrogens is 676 g/mol. The Kier molecular flexibility index (Phi) is 47.3. The predicted octanol–water partition coefficient (Wildman–Crippen LogP) is -11.8. The van der Waals surface area contributed by atoms with Gasteiger partial charge < -0.3 is 49.4 Å². The van der Waals surface area contributed by atoms with Crippen LogP contribution in [0.1, 0.15) is 122 Å². The summed E-state index contributed by atoms with van der Waals surface area (Å²) in [4.78, 5) is 71.1. The smallest absolute Gasteiger partial charge is 0.550 e. The van der Waals surface area contributed by atoms with E-state index >= 15 is 0 Å². The molecule has 49 heavy (non-hydrogen) atoms. The zero-order chi connectivity index (χ0) is 33.9. The third-order valence-corrected chi connectivity index (χ3v) is 7.44. The van der Waals surface area contributed by atoms with E-state index in [-0.39, 0.29) is 144 Å². The first kappa shape index (κ1) is 58.6. The minimum atomic E-state index is -1.95. The number of carboxylic acid groups (broad SMARTS) is 4. The molecule has 1 atom stereocenters. The van der Waals surface area contributed by atoms with Gasteiger partial charge in [-0.05, 0) is 25.0 Å². The number of unbranched alkanes of at least 4 members (excludes halogenated alkanes) is 15. The van der Waals surface area contributed by atoms with E-state index in [1.807, 2.05) is 0 Å². The molecule has 0 radical (unpaired) electrons. The van der Waals surface area contributed by atoms with E-state index in [2.05, 4.69) is 6.92 Å². The summed E-state index contributed by atoms with van der Waals surface area (Å²) in [5, 5.41) is 44.1. The van der Waals surface area contributed by atoms with Crippen molar-refractivity contribution in [1.82, 2.24) is 9.80 Å². The standard InChI is InChI=1S/C33H54N2O10.4Na/c1-2-3-4-5-6-7-8-9-10-11-12-13-14-15-16-17-23-34(28(36)19-21-30(38)39)24-18-25-35(29(37)20-22-31(40)41)27(33(44)45)26-32(42)43;;;;/h19-22,27H,2-18,23-26H2,1H3,(H,38,39)(H,40,41)(H,42,43)(H,44,45);;;;/q;4*+1/p-4/t27-;;;;/m0..../s1. The Labute approximate surface area is 380 Å².